The van der Waals surface area contributed by atoms with Crippen LogP contribution in [0.2, 0.25) is 5.02 Å². The molecule has 1 aromatic rings. The first kappa shape index (κ1) is 22.1. The quantitative estimate of drug-likeness (QED) is 0.396. The van der Waals surface area contributed by atoms with E-state index in [9.17, 15) is 13.2 Å². The van der Waals surface area contributed by atoms with E-state index in [4.69, 9.17) is 11.6 Å². The molecule has 0 saturated carbocycles. The molecule has 0 aliphatic carbocycles. The van der Waals surface area contributed by atoms with Gasteiger partial charge in [0.05, 0.1) is 6.42 Å². The van der Waals surface area contributed by atoms with Crippen LogP contribution in [0.1, 0.15) is 12.0 Å². The van der Waals surface area contributed by atoms with Gasteiger partial charge in [-0.1, -0.05) is 17.7 Å². The highest BCUT2D eigenvalue weighted by atomic mass is 127. The third-order valence-corrected chi connectivity index (χ3v) is 4.23. The fourth-order valence-electron chi connectivity index (χ4n) is 2.73. The second-order valence-corrected chi connectivity index (χ2v) is 6.18. The molecular weight excluding hydrogens is 468 g/mol. The van der Waals surface area contributed by atoms with Crippen molar-refractivity contribution in [3.63, 3.8) is 0 Å². The number of aliphatic imine (C=N–C) groups is 1. The molecule has 1 fully saturated rings. The highest BCUT2D eigenvalue weighted by Crippen LogP contribution is 2.25. The molecule has 1 saturated heterocycles. The first-order valence-electron chi connectivity index (χ1n) is 7.83. The van der Waals surface area contributed by atoms with Crippen LogP contribution in [-0.2, 0) is 0 Å². The Kier molecular flexibility index (Phi) is 8.59. The number of aryl methyl sites for hydroxylation is 1. The number of halogens is 5. The Balaban J connectivity index is 0.00000312. The SMILES string of the molecule is CN=C(NCCC(F)(F)F)N1CCN(c2cc(Cl)ccc2C)CC1.I. The molecule has 0 spiro atoms. The highest BCUT2D eigenvalue weighted by Gasteiger charge is 2.27. The highest BCUT2D eigenvalue weighted by molar-refractivity contribution is 14.0. The average Bonchev–Trinajstić information content (AvgIpc) is 2.53. The van der Waals surface area contributed by atoms with E-state index in [2.05, 4.69) is 15.2 Å². The predicted molar refractivity (Wildman–Crippen MR) is 107 cm³/mol. The summed E-state index contributed by atoms with van der Waals surface area (Å²) in [6, 6.07) is 5.80. The smallest absolute Gasteiger partial charge is 0.368 e. The number of guanidine groups is 1. The summed E-state index contributed by atoms with van der Waals surface area (Å²) in [5.41, 5.74) is 2.25. The van der Waals surface area contributed by atoms with Crippen molar-refractivity contribution in [2.75, 3.05) is 44.7 Å². The fourth-order valence-corrected chi connectivity index (χ4v) is 2.90. The Morgan fingerprint density at radius 3 is 2.44 bits per heavy atom. The van der Waals surface area contributed by atoms with Gasteiger partial charge in [0.25, 0.3) is 0 Å². The maximum Gasteiger partial charge on any atom is 0.390 e. The van der Waals surface area contributed by atoms with Crippen molar-refractivity contribution < 1.29 is 13.2 Å². The van der Waals surface area contributed by atoms with Gasteiger partial charge in [0.1, 0.15) is 0 Å². The number of rotatable bonds is 3. The van der Waals surface area contributed by atoms with Crippen LogP contribution in [0.5, 0.6) is 0 Å². The summed E-state index contributed by atoms with van der Waals surface area (Å²) >= 11 is 6.07. The number of benzene rings is 1. The summed E-state index contributed by atoms with van der Waals surface area (Å²) < 4.78 is 36.8. The van der Waals surface area contributed by atoms with Gasteiger partial charge < -0.3 is 15.1 Å². The molecule has 9 heteroatoms. The normalized spacial score (nSPS) is 15.8. The molecule has 0 unspecified atom stereocenters. The topological polar surface area (TPSA) is 30.9 Å². The standard InChI is InChI=1S/C16H22ClF3N4.HI/c1-12-3-4-13(17)11-14(12)23-7-9-24(10-8-23)15(21-2)22-6-5-16(18,19)20;/h3-4,11H,5-10H2,1-2H3,(H,21,22);1H. The Labute approximate surface area is 168 Å². The van der Waals surface area contributed by atoms with Gasteiger partial charge >= 0.3 is 6.18 Å². The van der Waals surface area contributed by atoms with Crippen molar-refractivity contribution >= 4 is 47.2 Å². The lowest BCUT2D eigenvalue weighted by molar-refractivity contribution is -0.132. The van der Waals surface area contributed by atoms with Gasteiger partial charge in [-0.05, 0) is 24.6 Å². The van der Waals surface area contributed by atoms with Gasteiger partial charge in [-0.3, -0.25) is 4.99 Å². The molecule has 0 radical (unpaired) electrons. The van der Waals surface area contributed by atoms with Crippen molar-refractivity contribution in [2.24, 2.45) is 4.99 Å². The molecular formula is C16H23ClF3IN4. The molecule has 2 rings (SSSR count). The Morgan fingerprint density at radius 2 is 1.88 bits per heavy atom. The van der Waals surface area contributed by atoms with Gasteiger partial charge in [0.2, 0.25) is 0 Å². The summed E-state index contributed by atoms with van der Waals surface area (Å²) in [7, 11) is 1.59. The van der Waals surface area contributed by atoms with E-state index in [1.807, 2.05) is 30.0 Å². The zero-order valence-corrected chi connectivity index (χ0v) is 17.3. The first-order chi connectivity index (χ1) is 11.3. The average molecular weight is 491 g/mol. The zero-order chi connectivity index (χ0) is 17.7. The minimum Gasteiger partial charge on any atom is -0.368 e. The second-order valence-electron chi connectivity index (χ2n) is 5.74. The zero-order valence-electron chi connectivity index (χ0n) is 14.2. The lowest BCUT2D eigenvalue weighted by atomic mass is 10.1. The molecule has 1 aliphatic heterocycles. The van der Waals surface area contributed by atoms with Crippen molar-refractivity contribution in [1.29, 1.82) is 0 Å². The van der Waals surface area contributed by atoms with Gasteiger partial charge in [0.15, 0.2) is 5.96 Å². The molecule has 4 nitrogen and oxygen atoms in total. The first-order valence-corrected chi connectivity index (χ1v) is 8.21. The van der Waals surface area contributed by atoms with E-state index in [-0.39, 0.29) is 30.5 Å². The van der Waals surface area contributed by atoms with Crippen LogP contribution in [0.3, 0.4) is 0 Å². The van der Waals surface area contributed by atoms with Crippen LogP contribution in [0, 0.1) is 6.92 Å². The third kappa shape index (κ3) is 6.73. The molecule has 1 heterocycles. The van der Waals surface area contributed by atoms with Gasteiger partial charge in [-0.25, -0.2) is 0 Å². The number of anilines is 1. The van der Waals surface area contributed by atoms with Gasteiger partial charge in [-0.2, -0.15) is 13.2 Å². The largest absolute Gasteiger partial charge is 0.390 e. The summed E-state index contributed by atoms with van der Waals surface area (Å²) in [5, 5.41) is 3.48. The van der Waals surface area contributed by atoms with Crippen LogP contribution in [-0.4, -0.2) is 56.8 Å². The van der Waals surface area contributed by atoms with E-state index in [1.165, 1.54) is 0 Å². The summed E-state index contributed by atoms with van der Waals surface area (Å²) in [4.78, 5) is 8.30. The molecule has 25 heavy (non-hydrogen) atoms. The number of nitrogens with zero attached hydrogens (tertiary/aromatic N) is 3. The number of hydrogen-bond acceptors (Lipinski definition) is 2. The third-order valence-electron chi connectivity index (χ3n) is 3.99. The van der Waals surface area contributed by atoms with Crippen LogP contribution in [0.25, 0.3) is 0 Å². The van der Waals surface area contributed by atoms with Crippen LogP contribution in [0.4, 0.5) is 18.9 Å². The summed E-state index contributed by atoms with van der Waals surface area (Å²) in [5.74, 6) is 0.515. The number of piperazine rings is 1. The maximum absolute atomic E-state index is 12.3. The second kappa shape index (κ2) is 9.70. The van der Waals surface area contributed by atoms with E-state index in [0.717, 1.165) is 24.3 Å². The lowest BCUT2D eigenvalue weighted by Crippen LogP contribution is -2.53. The Hall–Kier alpha value is -0.900. The van der Waals surface area contributed by atoms with Crippen molar-refractivity contribution in [2.45, 2.75) is 19.5 Å². The summed E-state index contributed by atoms with van der Waals surface area (Å²) in [6.45, 7) is 4.79. The Morgan fingerprint density at radius 1 is 1.24 bits per heavy atom. The minimum atomic E-state index is -4.16. The molecule has 0 bridgehead atoms. The van der Waals surface area contributed by atoms with Crippen molar-refractivity contribution in [1.82, 2.24) is 10.2 Å². The minimum absolute atomic E-state index is 0. The van der Waals surface area contributed by atoms with Gasteiger partial charge in [-0.15, -0.1) is 24.0 Å². The molecule has 0 aromatic heterocycles. The number of hydrogen-bond donors (Lipinski definition) is 1. The van der Waals surface area contributed by atoms with Crippen molar-refractivity contribution in [3.8, 4) is 0 Å². The Bertz CT molecular complexity index is 587. The van der Waals surface area contributed by atoms with Crippen LogP contribution >= 0.6 is 35.6 Å². The number of alkyl halides is 3. The van der Waals surface area contributed by atoms with Crippen LogP contribution in [0.15, 0.2) is 23.2 Å². The molecule has 1 aliphatic rings. The van der Waals surface area contributed by atoms with E-state index in [1.54, 1.807) is 7.05 Å². The number of nitrogens with one attached hydrogen (secondary N) is 1. The lowest BCUT2D eigenvalue weighted by Gasteiger charge is -2.38. The fraction of sp³-hybridized carbons (Fsp3) is 0.562. The van der Waals surface area contributed by atoms with Crippen molar-refractivity contribution in [3.05, 3.63) is 28.8 Å². The molecule has 142 valence electrons. The van der Waals surface area contributed by atoms with Gasteiger partial charge in [0, 0.05) is 50.5 Å². The monoisotopic (exact) mass is 490 g/mol. The van der Waals surface area contributed by atoms with Crippen LogP contribution < -0.4 is 10.2 Å². The molecule has 1 aromatic carbocycles. The van der Waals surface area contributed by atoms with E-state index in [0.29, 0.717) is 24.1 Å². The predicted octanol–water partition coefficient (Wildman–Crippen LogP) is 3.92. The van der Waals surface area contributed by atoms with E-state index < -0.39 is 12.6 Å². The molecule has 1 N–H and O–H groups in total. The summed E-state index contributed by atoms with van der Waals surface area (Å²) in [6.07, 6.45) is -5.03. The van der Waals surface area contributed by atoms with E-state index >= 15 is 0 Å². The molecule has 0 atom stereocenters. The molecule has 0 amide bonds. The maximum atomic E-state index is 12.3.